The molecule has 0 atom stereocenters. The number of unbranched alkanes of at least 4 members (excludes halogenated alkanes) is 5. The van der Waals surface area contributed by atoms with Gasteiger partial charge < -0.3 is 5.32 Å². The summed E-state index contributed by atoms with van der Waals surface area (Å²) in [6.07, 6.45) is 8.00. The first-order chi connectivity index (χ1) is 9.81. The second-order valence-corrected chi connectivity index (χ2v) is 5.52. The lowest BCUT2D eigenvalue weighted by Gasteiger charge is -2.09. The number of benzene rings is 1. The van der Waals surface area contributed by atoms with Crippen molar-refractivity contribution in [1.82, 2.24) is 4.98 Å². The van der Waals surface area contributed by atoms with Gasteiger partial charge in [-0.25, -0.2) is 0 Å². The van der Waals surface area contributed by atoms with E-state index < -0.39 is 0 Å². The summed E-state index contributed by atoms with van der Waals surface area (Å²) in [7, 11) is 0. The molecule has 0 aliphatic rings. The van der Waals surface area contributed by atoms with E-state index in [1.807, 2.05) is 6.92 Å². The molecule has 0 unspecified atom stereocenters. The Labute approximate surface area is 122 Å². The summed E-state index contributed by atoms with van der Waals surface area (Å²) in [5.41, 5.74) is 3.34. The molecule has 20 heavy (non-hydrogen) atoms. The third kappa shape index (κ3) is 4.22. The van der Waals surface area contributed by atoms with Gasteiger partial charge in [0.2, 0.25) is 0 Å². The maximum absolute atomic E-state index is 4.65. The van der Waals surface area contributed by atoms with Crippen LogP contribution in [0.1, 0.15) is 51.1 Å². The van der Waals surface area contributed by atoms with Crippen molar-refractivity contribution >= 4 is 16.6 Å². The number of anilines is 1. The van der Waals surface area contributed by atoms with Gasteiger partial charge in [-0.3, -0.25) is 4.98 Å². The van der Waals surface area contributed by atoms with Crippen molar-refractivity contribution in [3.63, 3.8) is 0 Å². The zero-order chi connectivity index (χ0) is 14.2. The SMILES string of the molecule is CCCCCCCCNc1cccc2ccc(C)nc12. The summed E-state index contributed by atoms with van der Waals surface area (Å²) < 4.78 is 0. The molecule has 2 aromatic rings. The van der Waals surface area contributed by atoms with Crippen molar-refractivity contribution in [1.29, 1.82) is 0 Å². The van der Waals surface area contributed by atoms with Crippen LogP contribution in [0.15, 0.2) is 30.3 Å². The zero-order valence-electron chi connectivity index (χ0n) is 12.8. The molecule has 0 saturated carbocycles. The molecule has 0 bridgehead atoms. The van der Waals surface area contributed by atoms with Crippen molar-refractivity contribution in [3.05, 3.63) is 36.0 Å². The first-order valence-electron chi connectivity index (χ1n) is 7.91. The first kappa shape index (κ1) is 14.8. The number of fused-ring (bicyclic) bond motifs is 1. The summed E-state index contributed by atoms with van der Waals surface area (Å²) in [6, 6.07) is 10.6. The van der Waals surface area contributed by atoms with E-state index in [2.05, 4.69) is 47.6 Å². The normalized spacial score (nSPS) is 10.9. The van der Waals surface area contributed by atoms with Gasteiger partial charge in [0.05, 0.1) is 11.2 Å². The molecule has 2 rings (SSSR count). The molecule has 1 aromatic carbocycles. The lowest BCUT2D eigenvalue weighted by molar-refractivity contribution is 0.617. The fourth-order valence-electron chi connectivity index (χ4n) is 2.52. The predicted molar refractivity (Wildman–Crippen MR) is 88.3 cm³/mol. The molecule has 0 saturated heterocycles. The van der Waals surface area contributed by atoms with Crippen LogP contribution >= 0.6 is 0 Å². The quantitative estimate of drug-likeness (QED) is 0.657. The highest BCUT2D eigenvalue weighted by Crippen LogP contribution is 2.21. The Hall–Kier alpha value is -1.57. The maximum atomic E-state index is 4.65. The number of nitrogens with zero attached hydrogens (tertiary/aromatic N) is 1. The smallest absolute Gasteiger partial charge is 0.0936 e. The summed E-state index contributed by atoms with van der Waals surface area (Å²) in [5.74, 6) is 0. The lowest BCUT2D eigenvalue weighted by atomic mass is 10.1. The van der Waals surface area contributed by atoms with E-state index in [1.54, 1.807) is 0 Å². The third-order valence-corrected chi connectivity index (χ3v) is 3.71. The highest BCUT2D eigenvalue weighted by atomic mass is 14.9. The molecular formula is C18H26N2. The van der Waals surface area contributed by atoms with Gasteiger partial charge in [-0.1, -0.05) is 57.2 Å². The Morgan fingerprint density at radius 3 is 2.60 bits per heavy atom. The van der Waals surface area contributed by atoms with Crippen LogP contribution in [0.3, 0.4) is 0 Å². The van der Waals surface area contributed by atoms with E-state index >= 15 is 0 Å². The molecule has 2 heteroatoms. The van der Waals surface area contributed by atoms with Gasteiger partial charge in [-0.05, 0) is 25.5 Å². The number of para-hydroxylation sites is 1. The summed E-state index contributed by atoms with van der Waals surface area (Å²) in [6.45, 7) is 5.35. The van der Waals surface area contributed by atoms with Crippen molar-refractivity contribution < 1.29 is 0 Å². The topological polar surface area (TPSA) is 24.9 Å². The minimum Gasteiger partial charge on any atom is -0.383 e. The van der Waals surface area contributed by atoms with Crippen molar-refractivity contribution in [2.75, 3.05) is 11.9 Å². The highest BCUT2D eigenvalue weighted by molar-refractivity contribution is 5.90. The molecule has 0 amide bonds. The van der Waals surface area contributed by atoms with E-state index in [0.717, 1.165) is 17.8 Å². The summed E-state index contributed by atoms with van der Waals surface area (Å²) in [5, 5.41) is 4.75. The molecule has 2 nitrogen and oxygen atoms in total. The molecule has 1 aromatic heterocycles. The van der Waals surface area contributed by atoms with Gasteiger partial charge >= 0.3 is 0 Å². The van der Waals surface area contributed by atoms with Crippen LogP contribution in [-0.2, 0) is 0 Å². The maximum Gasteiger partial charge on any atom is 0.0936 e. The molecule has 0 aliphatic heterocycles. The van der Waals surface area contributed by atoms with Crippen LogP contribution in [0.5, 0.6) is 0 Å². The van der Waals surface area contributed by atoms with Crippen molar-refractivity contribution in [3.8, 4) is 0 Å². The van der Waals surface area contributed by atoms with Crippen LogP contribution in [0.25, 0.3) is 10.9 Å². The van der Waals surface area contributed by atoms with Gasteiger partial charge in [-0.15, -0.1) is 0 Å². The lowest BCUT2D eigenvalue weighted by Crippen LogP contribution is -2.02. The van der Waals surface area contributed by atoms with Gasteiger partial charge in [0.1, 0.15) is 0 Å². The number of nitrogens with one attached hydrogen (secondary N) is 1. The van der Waals surface area contributed by atoms with Gasteiger partial charge in [0.25, 0.3) is 0 Å². The monoisotopic (exact) mass is 270 g/mol. The number of rotatable bonds is 8. The molecular weight excluding hydrogens is 244 g/mol. The summed E-state index contributed by atoms with van der Waals surface area (Å²) >= 11 is 0. The van der Waals surface area contributed by atoms with Crippen LogP contribution in [0, 0.1) is 6.92 Å². The molecule has 0 spiro atoms. The predicted octanol–water partition coefficient (Wildman–Crippen LogP) is 5.32. The number of aromatic nitrogens is 1. The number of hydrogen-bond acceptors (Lipinski definition) is 2. The fourth-order valence-corrected chi connectivity index (χ4v) is 2.52. The standard InChI is InChI=1S/C18H26N2/c1-3-4-5-6-7-8-14-19-17-11-9-10-16-13-12-15(2)20-18(16)17/h9-13,19H,3-8,14H2,1-2H3. The molecule has 0 radical (unpaired) electrons. The number of hydrogen-bond donors (Lipinski definition) is 1. The van der Waals surface area contributed by atoms with Gasteiger partial charge in [0.15, 0.2) is 0 Å². The molecule has 1 heterocycles. The minimum atomic E-state index is 1.04. The van der Waals surface area contributed by atoms with Crippen LogP contribution < -0.4 is 5.32 Å². The summed E-state index contributed by atoms with van der Waals surface area (Å²) in [4.78, 5) is 4.65. The van der Waals surface area contributed by atoms with E-state index in [0.29, 0.717) is 0 Å². The minimum absolute atomic E-state index is 1.04. The van der Waals surface area contributed by atoms with Crippen LogP contribution in [0.4, 0.5) is 5.69 Å². The Morgan fingerprint density at radius 2 is 1.75 bits per heavy atom. The molecule has 0 fully saturated rings. The highest BCUT2D eigenvalue weighted by Gasteiger charge is 2.01. The molecule has 1 N–H and O–H groups in total. The van der Waals surface area contributed by atoms with Crippen molar-refractivity contribution in [2.24, 2.45) is 0 Å². The average Bonchev–Trinajstić information content (AvgIpc) is 2.46. The number of pyridine rings is 1. The Bertz CT molecular complexity index is 534. The first-order valence-corrected chi connectivity index (χ1v) is 7.91. The zero-order valence-corrected chi connectivity index (χ0v) is 12.8. The van der Waals surface area contributed by atoms with E-state index in [-0.39, 0.29) is 0 Å². The van der Waals surface area contributed by atoms with Gasteiger partial charge in [0, 0.05) is 17.6 Å². The second-order valence-electron chi connectivity index (χ2n) is 5.52. The van der Waals surface area contributed by atoms with E-state index in [4.69, 9.17) is 0 Å². The number of aryl methyl sites for hydroxylation is 1. The largest absolute Gasteiger partial charge is 0.383 e. The Morgan fingerprint density at radius 1 is 0.950 bits per heavy atom. The van der Waals surface area contributed by atoms with Crippen molar-refractivity contribution in [2.45, 2.75) is 52.4 Å². The van der Waals surface area contributed by atoms with E-state index in [1.165, 1.54) is 49.6 Å². The second kappa shape index (κ2) is 7.88. The molecule has 0 aliphatic carbocycles. The third-order valence-electron chi connectivity index (χ3n) is 3.71. The molecule has 108 valence electrons. The van der Waals surface area contributed by atoms with E-state index in [9.17, 15) is 0 Å². The Kier molecular flexibility index (Phi) is 5.85. The fraction of sp³-hybridized carbons (Fsp3) is 0.500. The average molecular weight is 270 g/mol. The Balaban J connectivity index is 1.85. The van der Waals surface area contributed by atoms with Crippen LogP contribution in [-0.4, -0.2) is 11.5 Å². The van der Waals surface area contributed by atoms with Crippen LogP contribution in [0.2, 0.25) is 0 Å². The van der Waals surface area contributed by atoms with Gasteiger partial charge in [-0.2, -0.15) is 0 Å².